The predicted molar refractivity (Wildman–Crippen MR) is 130 cm³/mol. The molecule has 0 saturated carbocycles. The Bertz CT molecular complexity index is 807. The summed E-state index contributed by atoms with van der Waals surface area (Å²) in [6, 6.07) is 3.00. The van der Waals surface area contributed by atoms with E-state index in [9.17, 15) is 29.4 Å². The van der Waals surface area contributed by atoms with E-state index < -0.39 is 41.8 Å². The van der Waals surface area contributed by atoms with Crippen molar-refractivity contribution in [1.29, 1.82) is 0 Å². The van der Waals surface area contributed by atoms with Gasteiger partial charge in [0.25, 0.3) is 0 Å². The molecule has 0 spiro atoms. The summed E-state index contributed by atoms with van der Waals surface area (Å²) in [6.07, 6.45) is 3.77. The lowest BCUT2D eigenvalue weighted by Gasteiger charge is -2.22. The summed E-state index contributed by atoms with van der Waals surface area (Å²) in [7, 11) is 0. The van der Waals surface area contributed by atoms with E-state index in [2.05, 4.69) is 16.0 Å². The van der Waals surface area contributed by atoms with Crippen LogP contribution in [0.25, 0.3) is 0 Å². The first kappa shape index (κ1) is 29.2. The van der Waals surface area contributed by atoms with Crippen molar-refractivity contribution >= 4 is 35.5 Å². The standard InChI is InChI=1S/C22H35N5O6S/c1-34-11-9-16(24)20(30)25-13-19(29)26-17(4-2-3-10-23)21(31)27-18(22(32)33)12-14-5-7-15(28)8-6-14/h5-8,16-18,28H,2-4,9-13,23-24H2,1H3,(H,25,30)(H,26,29)(H,27,31)(H,32,33). The van der Waals surface area contributed by atoms with E-state index in [1.54, 1.807) is 23.9 Å². The number of thioether (sulfide) groups is 1. The molecule has 1 rings (SSSR count). The van der Waals surface area contributed by atoms with Crippen LogP contribution in [0.3, 0.4) is 0 Å². The second-order valence-electron chi connectivity index (χ2n) is 7.78. The van der Waals surface area contributed by atoms with Crippen molar-refractivity contribution < 1.29 is 29.4 Å². The molecule has 1 aromatic carbocycles. The number of unbranched alkanes of at least 4 members (excludes halogenated alkanes) is 1. The van der Waals surface area contributed by atoms with E-state index in [0.717, 1.165) is 0 Å². The third-order valence-corrected chi connectivity index (χ3v) is 5.63. The number of carboxylic acids is 1. The van der Waals surface area contributed by atoms with Crippen molar-refractivity contribution in [3.63, 3.8) is 0 Å². The molecule has 0 aliphatic heterocycles. The molecule has 0 aliphatic carbocycles. The van der Waals surface area contributed by atoms with Gasteiger partial charge < -0.3 is 37.6 Å². The van der Waals surface area contributed by atoms with Gasteiger partial charge in [-0.15, -0.1) is 0 Å². The Kier molecular flexibility index (Phi) is 13.7. The number of benzene rings is 1. The maximum Gasteiger partial charge on any atom is 0.326 e. The first-order valence-corrected chi connectivity index (χ1v) is 12.4. The Morgan fingerprint density at radius 2 is 1.68 bits per heavy atom. The maximum absolute atomic E-state index is 12.8. The van der Waals surface area contributed by atoms with Gasteiger partial charge in [-0.3, -0.25) is 14.4 Å². The van der Waals surface area contributed by atoms with Crippen LogP contribution in [-0.4, -0.2) is 77.1 Å². The summed E-state index contributed by atoms with van der Waals surface area (Å²) in [5, 5.41) is 26.4. The molecule has 3 unspecified atom stereocenters. The van der Waals surface area contributed by atoms with Gasteiger partial charge >= 0.3 is 5.97 Å². The number of hydrogen-bond donors (Lipinski definition) is 7. The summed E-state index contributed by atoms with van der Waals surface area (Å²) in [4.78, 5) is 48.9. The minimum absolute atomic E-state index is 0.00515. The van der Waals surface area contributed by atoms with Gasteiger partial charge in [0.2, 0.25) is 17.7 Å². The fraction of sp³-hybridized carbons (Fsp3) is 0.545. The number of hydrogen-bond acceptors (Lipinski definition) is 8. The van der Waals surface area contributed by atoms with Crippen molar-refractivity contribution in [1.82, 2.24) is 16.0 Å². The number of aromatic hydroxyl groups is 1. The lowest BCUT2D eigenvalue weighted by atomic mass is 10.0. The van der Waals surface area contributed by atoms with E-state index in [1.165, 1.54) is 12.1 Å². The molecule has 0 radical (unpaired) electrons. The second kappa shape index (κ2) is 15.9. The van der Waals surface area contributed by atoms with Gasteiger partial charge in [-0.1, -0.05) is 12.1 Å². The SMILES string of the molecule is CSCCC(N)C(=O)NCC(=O)NC(CCCCN)C(=O)NC(Cc1ccc(O)cc1)C(=O)O. The molecule has 0 aromatic heterocycles. The van der Waals surface area contributed by atoms with Crippen molar-refractivity contribution in [2.24, 2.45) is 11.5 Å². The summed E-state index contributed by atoms with van der Waals surface area (Å²) >= 11 is 1.55. The van der Waals surface area contributed by atoms with Crippen molar-refractivity contribution in [3.05, 3.63) is 29.8 Å². The van der Waals surface area contributed by atoms with Gasteiger partial charge in [-0.05, 0) is 61.9 Å². The highest BCUT2D eigenvalue weighted by Crippen LogP contribution is 2.12. The predicted octanol–water partition coefficient (Wildman–Crippen LogP) is -0.685. The third-order valence-electron chi connectivity index (χ3n) is 4.98. The molecule has 0 fully saturated rings. The zero-order chi connectivity index (χ0) is 25.5. The third kappa shape index (κ3) is 11.3. The number of aliphatic carboxylic acids is 1. The number of nitrogens with one attached hydrogen (secondary N) is 3. The molecule has 190 valence electrons. The number of carboxylic acid groups (broad SMARTS) is 1. The highest BCUT2D eigenvalue weighted by molar-refractivity contribution is 7.98. The first-order valence-electron chi connectivity index (χ1n) is 11.0. The number of nitrogens with two attached hydrogens (primary N) is 2. The molecular formula is C22H35N5O6S. The van der Waals surface area contributed by atoms with Gasteiger partial charge in [0.15, 0.2) is 0 Å². The summed E-state index contributed by atoms with van der Waals surface area (Å²) in [6.45, 7) is 0.0488. The Labute approximate surface area is 203 Å². The average Bonchev–Trinajstić information content (AvgIpc) is 2.81. The molecule has 3 amide bonds. The van der Waals surface area contributed by atoms with Gasteiger partial charge in [0.1, 0.15) is 17.8 Å². The van der Waals surface area contributed by atoms with Crippen LogP contribution in [0.15, 0.2) is 24.3 Å². The van der Waals surface area contributed by atoms with Crippen molar-refractivity contribution in [3.8, 4) is 5.75 Å². The zero-order valence-corrected chi connectivity index (χ0v) is 20.1. The quantitative estimate of drug-likeness (QED) is 0.145. The van der Waals surface area contributed by atoms with Crippen LogP contribution in [0.4, 0.5) is 0 Å². The molecule has 12 heteroatoms. The highest BCUT2D eigenvalue weighted by atomic mass is 32.2. The molecule has 3 atom stereocenters. The van der Waals surface area contributed by atoms with Gasteiger partial charge in [0.05, 0.1) is 12.6 Å². The minimum Gasteiger partial charge on any atom is -0.508 e. The molecule has 0 heterocycles. The van der Waals surface area contributed by atoms with E-state index in [1.807, 2.05) is 6.26 Å². The van der Waals surface area contributed by atoms with Crippen LogP contribution >= 0.6 is 11.8 Å². The van der Waals surface area contributed by atoms with E-state index in [0.29, 0.717) is 37.1 Å². The van der Waals surface area contributed by atoms with E-state index in [-0.39, 0.29) is 25.1 Å². The molecule has 11 nitrogen and oxygen atoms in total. The van der Waals surface area contributed by atoms with Crippen LogP contribution in [0.5, 0.6) is 5.75 Å². The van der Waals surface area contributed by atoms with Crippen LogP contribution in [0, 0.1) is 0 Å². The molecular weight excluding hydrogens is 462 g/mol. The monoisotopic (exact) mass is 497 g/mol. The lowest BCUT2D eigenvalue weighted by Crippen LogP contribution is -2.54. The van der Waals surface area contributed by atoms with Gasteiger partial charge in [-0.2, -0.15) is 11.8 Å². The lowest BCUT2D eigenvalue weighted by molar-refractivity contribution is -0.142. The minimum atomic E-state index is -1.24. The van der Waals surface area contributed by atoms with Gasteiger partial charge in [-0.25, -0.2) is 4.79 Å². The maximum atomic E-state index is 12.8. The smallest absolute Gasteiger partial charge is 0.326 e. The van der Waals surface area contributed by atoms with E-state index >= 15 is 0 Å². The van der Waals surface area contributed by atoms with Crippen LogP contribution in [-0.2, 0) is 25.6 Å². The highest BCUT2D eigenvalue weighted by Gasteiger charge is 2.27. The summed E-state index contributed by atoms with van der Waals surface area (Å²) < 4.78 is 0. The Morgan fingerprint density at radius 3 is 2.26 bits per heavy atom. The second-order valence-corrected chi connectivity index (χ2v) is 8.77. The Balaban J connectivity index is 2.74. The fourth-order valence-electron chi connectivity index (χ4n) is 3.02. The van der Waals surface area contributed by atoms with Crippen LogP contribution in [0.2, 0.25) is 0 Å². The summed E-state index contributed by atoms with van der Waals surface area (Å²) in [5.74, 6) is -2.20. The van der Waals surface area contributed by atoms with E-state index in [4.69, 9.17) is 11.5 Å². The van der Waals surface area contributed by atoms with Gasteiger partial charge in [0, 0.05) is 6.42 Å². The van der Waals surface area contributed by atoms with Crippen molar-refractivity contribution in [2.45, 2.75) is 50.2 Å². The number of carbonyl (C=O) groups is 4. The fourth-order valence-corrected chi connectivity index (χ4v) is 3.51. The largest absolute Gasteiger partial charge is 0.508 e. The van der Waals surface area contributed by atoms with Crippen LogP contribution < -0.4 is 27.4 Å². The molecule has 1 aromatic rings. The molecule has 9 N–H and O–H groups in total. The molecule has 34 heavy (non-hydrogen) atoms. The summed E-state index contributed by atoms with van der Waals surface area (Å²) in [5.41, 5.74) is 11.9. The topological polar surface area (TPSA) is 197 Å². The molecule has 0 bridgehead atoms. The number of phenolic OH excluding ortho intramolecular Hbond substituents is 1. The normalized spacial score (nSPS) is 13.4. The Morgan fingerprint density at radius 1 is 1.00 bits per heavy atom. The number of amides is 3. The first-order chi connectivity index (χ1) is 16.2. The zero-order valence-electron chi connectivity index (χ0n) is 19.3. The van der Waals surface area contributed by atoms with Crippen LogP contribution in [0.1, 0.15) is 31.2 Å². The molecule has 0 saturated heterocycles. The number of phenols is 1. The Hall–Kier alpha value is -2.83. The van der Waals surface area contributed by atoms with Crippen molar-refractivity contribution in [2.75, 3.05) is 25.1 Å². The number of rotatable bonds is 16. The average molecular weight is 498 g/mol. The molecule has 0 aliphatic rings. The number of carbonyl (C=O) groups excluding carboxylic acids is 3.